The minimum Gasteiger partial charge on any atom is -0.504 e. The van der Waals surface area contributed by atoms with Crippen molar-refractivity contribution in [1.29, 1.82) is 0 Å². The molecule has 2 aliphatic carbocycles. The number of methoxy groups -OCH3 is 1. The van der Waals surface area contributed by atoms with Gasteiger partial charge in [-0.2, -0.15) is 0 Å². The molecule has 2 fully saturated rings. The Kier molecular flexibility index (Phi) is 5.44. The van der Waals surface area contributed by atoms with Crippen molar-refractivity contribution in [3.05, 3.63) is 35.9 Å². The van der Waals surface area contributed by atoms with Gasteiger partial charge in [-0.3, -0.25) is 4.79 Å². The average molecular weight is 329 g/mol. The summed E-state index contributed by atoms with van der Waals surface area (Å²) < 4.78 is 5.08. The van der Waals surface area contributed by atoms with E-state index < -0.39 is 0 Å². The molecule has 0 radical (unpaired) electrons. The van der Waals surface area contributed by atoms with E-state index in [9.17, 15) is 9.90 Å². The van der Waals surface area contributed by atoms with Crippen molar-refractivity contribution in [2.45, 2.75) is 51.0 Å². The van der Waals surface area contributed by atoms with Crippen molar-refractivity contribution in [3.8, 4) is 11.5 Å². The Morgan fingerprint density at radius 1 is 1.17 bits per heavy atom. The van der Waals surface area contributed by atoms with Gasteiger partial charge in [0.15, 0.2) is 11.5 Å². The van der Waals surface area contributed by atoms with Gasteiger partial charge < -0.3 is 15.2 Å². The molecule has 130 valence electrons. The van der Waals surface area contributed by atoms with Gasteiger partial charge in [-0.25, -0.2) is 0 Å². The molecule has 2 saturated carbocycles. The number of allylic oxidation sites excluding steroid dienone is 2. The lowest BCUT2D eigenvalue weighted by Gasteiger charge is -2.27. The van der Waals surface area contributed by atoms with Crippen LogP contribution in [0.4, 0.5) is 0 Å². The Bertz CT molecular complexity index is 599. The highest BCUT2D eigenvalue weighted by atomic mass is 16.5. The fourth-order valence-electron chi connectivity index (χ4n) is 3.36. The van der Waals surface area contributed by atoms with Crippen molar-refractivity contribution < 1.29 is 14.6 Å². The Labute approximate surface area is 143 Å². The second-order valence-electron chi connectivity index (χ2n) is 7.08. The largest absolute Gasteiger partial charge is 0.504 e. The van der Waals surface area contributed by atoms with Gasteiger partial charge in [-0.1, -0.05) is 18.2 Å². The van der Waals surface area contributed by atoms with Crippen LogP contribution < -0.4 is 10.1 Å². The first-order valence-corrected chi connectivity index (χ1v) is 8.97. The van der Waals surface area contributed by atoms with E-state index in [1.165, 1.54) is 32.8 Å². The Balaban J connectivity index is 1.44. The maximum Gasteiger partial charge on any atom is 0.224 e. The summed E-state index contributed by atoms with van der Waals surface area (Å²) in [5, 5.41) is 12.8. The Morgan fingerprint density at radius 2 is 1.79 bits per heavy atom. The first-order chi connectivity index (χ1) is 11.6. The molecule has 1 amide bonds. The van der Waals surface area contributed by atoms with Gasteiger partial charge in [0.05, 0.1) is 13.5 Å². The van der Waals surface area contributed by atoms with Crippen molar-refractivity contribution in [2.75, 3.05) is 7.11 Å². The molecule has 0 aliphatic heterocycles. The van der Waals surface area contributed by atoms with E-state index in [-0.39, 0.29) is 11.7 Å². The summed E-state index contributed by atoms with van der Waals surface area (Å²) in [5.74, 6) is 2.09. The van der Waals surface area contributed by atoms with Crippen molar-refractivity contribution in [2.24, 2.45) is 11.8 Å². The number of carbonyl (C=O) groups is 1. The molecule has 0 unspecified atom stereocenters. The molecule has 4 nitrogen and oxygen atoms in total. The van der Waals surface area contributed by atoms with Crippen LogP contribution in [0.2, 0.25) is 0 Å². The molecule has 1 aromatic carbocycles. The maximum atomic E-state index is 12.2. The summed E-state index contributed by atoms with van der Waals surface area (Å²) in [6, 6.07) is 5.34. The van der Waals surface area contributed by atoms with Crippen LogP contribution in [-0.2, 0) is 11.2 Å². The van der Waals surface area contributed by atoms with Crippen LogP contribution in [0.15, 0.2) is 30.4 Å². The third-order valence-corrected chi connectivity index (χ3v) is 5.02. The number of rotatable bonds is 6. The molecule has 0 atom stereocenters. The summed E-state index contributed by atoms with van der Waals surface area (Å²) in [7, 11) is 1.51. The highest BCUT2D eigenvalue weighted by Gasteiger charge is 2.23. The van der Waals surface area contributed by atoms with Crippen LogP contribution in [0, 0.1) is 11.8 Å². The number of ether oxygens (including phenoxy) is 1. The number of phenolic OH excluding ortho intramolecular Hbond substituents is 1. The average Bonchev–Trinajstić information content (AvgIpc) is 3.40. The third kappa shape index (κ3) is 4.76. The zero-order valence-corrected chi connectivity index (χ0v) is 14.3. The fourth-order valence-corrected chi connectivity index (χ4v) is 3.36. The molecule has 24 heavy (non-hydrogen) atoms. The van der Waals surface area contributed by atoms with Crippen LogP contribution in [0.1, 0.15) is 44.1 Å². The number of nitrogens with one attached hydrogen (secondary N) is 1. The summed E-state index contributed by atoms with van der Waals surface area (Å²) >= 11 is 0. The number of amides is 1. The summed E-state index contributed by atoms with van der Waals surface area (Å²) in [6.45, 7) is 0. The molecule has 1 aromatic rings. The van der Waals surface area contributed by atoms with Crippen LogP contribution in [-0.4, -0.2) is 24.2 Å². The number of hydrogen-bond acceptors (Lipinski definition) is 3. The minimum absolute atomic E-state index is 0.0414. The quantitative estimate of drug-likeness (QED) is 0.784. The molecule has 4 heteroatoms. The Morgan fingerprint density at radius 3 is 2.38 bits per heavy atom. The van der Waals surface area contributed by atoms with Gasteiger partial charge in [0.25, 0.3) is 0 Å². The van der Waals surface area contributed by atoms with E-state index in [2.05, 4.69) is 17.5 Å². The smallest absolute Gasteiger partial charge is 0.224 e. The van der Waals surface area contributed by atoms with E-state index in [0.29, 0.717) is 24.1 Å². The first kappa shape index (κ1) is 16.9. The fraction of sp³-hybridized carbons (Fsp3) is 0.550. The van der Waals surface area contributed by atoms with E-state index in [1.54, 1.807) is 18.2 Å². The predicted octanol–water partition coefficient (Wildman–Crippen LogP) is 3.58. The molecule has 0 spiro atoms. The zero-order valence-electron chi connectivity index (χ0n) is 14.3. The predicted molar refractivity (Wildman–Crippen MR) is 94.1 cm³/mol. The van der Waals surface area contributed by atoms with E-state index in [1.807, 2.05) is 0 Å². The molecule has 2 N–H and O–H groups in total. The highest BCUT2D eigenvalue weighted by molar-refractivity contribution is 5.79. The lowest BCUT2D eigenvalue weighted by Crippen LogP contribution is -2.38. The highest BCUT2D eigenvalue weighted by Crippen LogP contribution is 2.32. The molecule has 0 saturated heterocycles. The molecule has 0 heterocycles. The number of hydrogen-bond donors (Lipinski definition) is 2. The van der Waals surface area contributed by atoms with E-state index in [0.717, 1.165) is 24.3 Å². The van der Waals surface area contributed by atoms with Gasteiger partial charge in [0.1, 0.15) is 0 Å². The van der Waals surface area contributed by atoms with Gasteiger partial charge in [-0.05, 0) is 68.1 Å². The second-order valence-corrected chi connectivity index (χ2v) is 7.08. The van der Waals surface area contributed by atoms with Gasteiger partial charge in [0.2, 0.25) is 5.91 Å². The van der Waals surface area contributed by atoms with Gasteiger partial charge in [0, 0.05) is 6.04 Å². The standard InChI is InChI=1S/C20H27NO3/c1-24-19-12-16(8-11-18(19)22)13-20(23)21-17-9-6-15(7-10-17)5-4-14-2-3-14/h4-5,8,11-12,14-15,17,22H,2-3,6-7,9-10,13H2,1H3,(H,21,23)/b5-4+/t15-,17-. The minimum atomic E-state index is 0.0414. The topological polar surface area (TPSA) is 58.6 Å². The van der Waals surface area contributed by atoms with Gasteiger partial charge in [-0.15, -0.1) is 0 Å². The van der Waals surface area contributed by atoms with Crippen molar-refractivity contribution in [3.63, 3.8) is 0 Å². The molecule has 0 bridgehead atoms. The monoisotopic (exact) mass is 329 g/mol. The molecule has 0 aromatic heterocycles. The number of aromatic hydroxyl groups is 1. The van der Waals surface area contributed by atoms with Gasteiger partial charge >= 0.3 is 0 Å². The summed E-state index contributed by atoms with van der Waals surface area (Å²) in [4.78, 5) is 12.2. The van der Waals surface area contributed by atoms with Crippen molar-refractivity contribution >= 4 is 5.91 Å². The SMILES string of the molecule is COc1cc(CC(=O)N[C@H]2CC[C@H](/C=C/C3CC3)CC2)ccc1O. The number of phenols is 1. The van der Waals surface area contributed by atoms with Crippen LogP contribution in [0.5, 0.6) is 11.5 Å². The lowest BCUT2D eigenvalue weighted by molar-refractivity contribution is -0.121. The van der Waals surface area contributed by atoms with E-state index >= 15 is 0 Å². The zero-order chi connectivity index (χ0) is 16.9. The number of carbonyl (C=O) groups excluding carboxylic acids is 1. The van der Waals surface area contributed by atoms with Crippen molar-refractivity contribution in [1.82, 2.24) is 5.32 Å². The molecular formula is C20H27NO3. The normalized spacial score (nSPS) is 24.0. The molecule has 3 rings (SSSR count). The molecule has 2 aliphatic rings. The molecular weight excluding hydrogens is 302 g/mol. The Hall–Kier alpha value is -1.97. The summed E-state index contributed by atoms with van der Waals surface area (Å²) in [6.07, 6.45) is 12.3. The number of benzene rings is 1. The maximum absolute atomic E-state index is 12.2. The first-order valence-electron chi connectivity index (χ1n) is 8.97. The lowest BCUT2D eigenvalue weighted by atomic mass is 9.85. The van der Waals surface area contributed by atoms with Crippen LogP contribution in [0.3, 0.4) is 0 Å². The third-order valence-electron chi connectivity index (χ3n) is 5.02. The van der Waals surface area contributed by atoms with E-state index in [4.69, 9.17) is 4.74 Å². The van der Waals surface area contributed by atoms with Crippen LogP contribution in [0.25, 0.3) is 0 Å². The van der Waals surface area contributed by atoms with Crippen LogP contribution >= 0.6 is 0 Å². The second kappa shape index (κ2) is 7.73. The summed E-state index contributed by atoms with van der Waals surface area (Å²) in [5.41, 5.74) is 0.850.